The average Bonchev–Trinajstić information content (AvgIpc) is 2.45. The molecule has 0 amide bonds. The van der Waals surface area contributed by atoms with Gasteiger partial charge in [0.1, 0.15) is 23.2 Å². The zero-order valence-electron chi connectivity index (χ0n) is 12.3. The Morgan fingerprint density at radius 3 is 2.68 bits per heavy atom. The fourth-order valence-corrected chi connectivity index (χ4v) is 2.04. The topological polar surface area (TPSA) is 111 Å². The summed E-state index contributed by atoms with van der Waals surface area (Å²) in [7, 11) is 0. The van der Waals surface area contributed by atoms with E-state index in [1.807, 2.05) is 19.9 Å². The number of hydrogen-bond donors (Lipinski definition) is 2. The predicted octanol–water partition coefficient (Wildman–Crippen LogP) is 2.87. The highest BCUT2D eigenvalue weighted by atomic mass is 35.5. The molecule has 4 N–H and O–H groups in total. The van der Waals surface area contributed by atoms with Crippen LogP contribution in [-0.2, 0) is 0 Å². The maximum absolute atomic E-state index is 9.31. The molecule has 0 aliphatic heterocycles. The van der Waals surface area contributed by atoms with Crippen LogP contribution in [0.2, 0.25) is 5.02 Å². The molecule has 0 atom stereocenters. The number of nitriles is 1. The van der Waals surface area contributed by atoms with Crippen molar-refractivity contribution < 1.29 is 4.74 Å². The van der Waals surface area contributed by atoms with Crippen LogP contribution in [0.4, 0.5) is 11.8 Å². The summed E-state index contributed by atoms with van der Waals surface area (Å²) < 4.78 is 5.78. The highest BCUT2D eigenvalue weighted by molar-refractivity contribution is 6.31. The van der Waals surface area contributed by atoms with Crippen molar-refractivity contribution in [2.75, 3.05) is 18.1 Å². The molecule has 6 nitrogen and oxygen atoms in total. The van der Waals surface area contributed by atoms with Gasteiger partial charge in [0.15, 0.2) is 0 Å². The quantitative estimate of drug-likeness (QED) is 0.896. The van der Waals surface area contributed by atoms with Gasteiger partial charge in [-0.3, -0.25) is 0 Å². The van der Waals surface area contributed by atoms with E-state index < -0.39 is 0 Å². The fraction of sp³-hybridized carbons (Fsp3) is 0.267. The van der Waals surface area contributed by atoms with Crippen molar-refractivity contribution >= 4 is 23.4 Å². The lowest BCUT2D eigenvalue weighted by Gasteiger charge is -2.14. The maximum Gasteiger partial charge on any atom is 0.222 e. The first kappa shape index (κ1) is 15.9. The van der Waals surface area contributed by atoms with Gasteiger partial charge in [0, 0.05) is 10.6 Å². The summed E-state index contributed by atoms with van der Waals surface area (Å²) in [4.78, 5) is 7.93. The largest absolute Gasteiger partial charge is 0.493 e. The first-order valence-corrected chi connectivity index (χ1v) is 7.06. The standard InChI is InChI=1S/C15H16ClN5O/c1-8(2)7-22-12-4-3-9(16)5-10(12)13-11(6-17)14(18)21-15(19)20-13/h3-5,8H,7H2,1-2H3,(H4,18,19,20,21). The van der Waals surface area contributed by atoms with Crippen LogP contribution in [0, 0.1) is 17.2 Å². The molecule has 2 rings (SSSR count). The number of halogens is 1. The fourth-order valence-electron chi connectivity index (χ4n) is 1.87. The summed E-state index contributed by atoms with van der Waals surface area (Å²) in [5, 5.41) is 9.80. The summed E-state index contributed by atoms with van der Waals surface area (Å²) in [5.41, 5.74) is 12.4. The van der Waals surface area contributed by atoms with Gasteiger partial charge in [-0.1, -0.05) is 25.4 Å². The Balaban J connectivity index is 2.61. The molecular formula is C15H16ClN5O. The molecule has 0 aliphatic rings. The minimum Gasteiger partial charge on any atom is -0.493 e. The van der Waals surface area contributed by atoms with Gasteiger partial charge in [-0.15, -0.1) is 0 Å². The molecule has 0 bridgehead atoms. The third-order valence-corrected chi connectivity index (χ3v) is 3.07. The molecule has 0 fully saturated rings. The summed E-state index contributed by atoms with van der Waals surface area (Å²) in [6, 6.07) is 7.10. The second kappa shape index (κ2) is 6.50. The maximum atomic E-state index is 9.31. The lowest BCUT2D eigenvalue weighted by atomic mass is 10.1. The number of ether oxygens (including phenoxy) is 1. The Hall–Kier alpha value is -2.52. The highest BCUT2D eigenvalue weighted by Crippen LogP contribution is 2.35. The van der Waals surface area contributed by atoms with E-state index in [2.05, 4.69) is 9.97 Å². The SMILES string of the molecule is CC(C)COc1ccc(Cl)cc1-c1nc(N)nc(N)c1C#N. The van der Waals surface area contributed by atoms with Crippen LogP contribution in [0.25, 0.3) is 11.3 Å². The van der Waals surface area contributed by atoms with Gasteiger partial charge in [0.25, 0.3) is 0 Å². The van der Waals surface area contributed by atoms with Crippen molar-refractivity contribution in [1.82, 2.24) is 9.97 Å². The van der Waals surface area contributed by atoms with Crippen LogP contribution < -0.4 is 16.2 Å². The Morgan fingerprint density at radius 1 is 1.32 bits per heavy atom. The predicted molar refractivity (Wildman–Crippen MR) is 86.4 cm³/mol. The van der Waals surface area contributed by atoms with Crippen LogP contribution in [0.5, 0.6) is 5.75 Å². The molecule has 0 saturated heterocycles. The number of hydrogen-bond acceptors (Lipinski definition) is 6. The molecule has 0 spiro atoms. The smallest absolute Gasteiger partial charge is 0.222 e. The van der Waals surface area contributed by atoms with Gasteiger partial charge in [-0.05, 0) is 24.1 Å². The van der Waals surface area contributed by atoms with Gasteiger partial charge >= 0.3 is 0 Å². The molecule has 22 heavy (non-hydrogen) atoms. The zero-order chi connectivity index (χ0) is 16.3. The molecule has 1 aromatic carbocycles. The first-order valence-electron chi connectivity index (χ1n) is 6.68. The van der Waals surface area contributed by atoms with E-state index >= 15 is 0 Å². The summed E-state index contributed by atoms with van der Waals surface area (Å²) >= 11 is 6.06. The second-order valence-electron chi connectivity index (χ2n) is 5.15. The second-order valence-corrected chi connectivity index (χ2v) is 5.58. The van der Waals surface area contributed by atoms with Crippen molar-refractivity contribution in [2.24, 2.45) is 5.92 Å². The molecule has 0 radical (unpaired) electrons. The van der Waals surface area contributed by atoms with Gasteiger partial charge in [-0.2, -0.15) is 10.2 Å². The summed E-state index contributed by atoms with van der Waals surface area (Å²) in [6.45, 7) is 4.60. The van der Waals surface area contributed by atoms with E-state index in [0.29, 0.717) is 34.6 Å². The van der Waals surface area contributed by atoms with Crippen molar-refractivity contribution in [3.8, 4) is 23.1 Å². The number of anilines is 2. The highest BCUT2D eigenvalue weighted by Gasteiger charge is 2.17. The third kappa shape index (κ3) is 3.38. The molecule has 2 aromatic rings. The van der Waals surface area contributed by atoms with Gasteiger partial charge < -0.3 is 16.2 Å². The lowest BCUT2D eigenvalue weighted by Crippen LogP contribution is -2.08. The average molecular weight is 318 g/mol. The van der Waals surface area contributed by atoms with Crippen LogP contribution >= 0.6 is 11.6 Å². The van der Waals surface area contributed by atoms with E-state index in [1.165, 1.54) is 0 Å². The van der Waals surface area contributed by atoms with E-state index in [9.17, 15) is 5.26 Å². The summed E-state index contributed by atoms with van der Waals surface area (Å²) in [5.74, 6) is 0.924. The van der Waals surface area contributed by atoms with Crippen molar-refractivity contribution in [3.63, 3.8) is 0 Å². The van der Waals surface area contributed by atoms with Gasteiger partial charge in [-0.25, -0.2) is 4.98 Å². The Bertz CT molecular complexity index is 739. The van der Waals surface area contributed by atoms with E-state index in [4.69, 9.17) is 27.8 Å². The number of nitrogens with zero attached hydrogens (tertiary/aromatic N) is 3. The van der Waals surface area contributed by atoms with Gasteiger partial charge in [0.2, 0.25) is 5.95 Å². The van der Waals surface area contributed by atoms with Crippen LogP contribution in [0.1, 0.15) is 19.4 Å². The van der Waals surface area contributed by atoms with E-state index in [0.717, 1.165) is 0 Å². The number of aromatic nitrogens is 2. The van der Waals surface area contributed by atoms with Crippen LogP contribution in [0.15, 0.2) is 18.2 Å². The zero-order valence-corrected chi connectivity index (χ0v) is 13.1. The number of rotatable bonds is 4. The number of nitrogen functional groups attached to an aromatic ring is 2. The monoisotopic (exact) mass is 317 g/mol. The van der Waals surface area contributed by atoms with Crippen LogP contribution in [0.3, 0.4) is 0 Å². The Kier molecular flexibility index (Phi) is 4.68. The molecule has 7 heteroatoms. The molecule has 1 heterocycles. The van der Waals surface area contributed by atoms with E-state index in [-0.39, 0.29) is 17.3 Å². The van der Waals surface area contributed by atoms with Crippen molar-refractivity contribution in [2.45, 2.75) is 13.8 Å². The van der Waals surface area contributed by atoms with Gasteiger partial charge in [0.05, 0.1) is 12.3 Å². The van der Waals surface area contributed by atoms with Crippen molar-refractivity contribution in [1.29, 1.82) is 5.26 Å². The third-order valence-electron chi connectivity index (χ3n) is 2.84. The minimum atomic E-state index is -0.0127. The lowest BCUT2D eigenvalue weighted by molar-refractivity contribution is 0.272. The molecule has 0 unspecified atom stereocenters. The normalized spacial score (nSPS) is 10.5. The van der Waals surface area contributed by atoms with E-state index in [1.54, 1.807) is 18.2 Å². The Morgan fingerprint density at radius 2 is 2.05 bits per heavy atom. The van der Waals surface area contributed by atoms with Crippen LogP contribution in [-0.4, -0.2) is 16.6 Å². The molecule has 0 saturated carbocycles. The first-order chi connectivity index (χ1) is 10.4. The number of benzene rings is 1. The van der Waals surface area contributed by atoms with Crippen molar-refractivity contribution in [3.05, 3.63) is 28.8 Å². The Labute approximate surface area is 133 Å². The number of nitrogens with two attached hydrogens (primary N) is 2. The summed E-state index contributed by atoms with van der Waals surface area (Å²) in [6.07, 6.45) is 0. The molecule has 0 aliphatic carbocycles. The molecule has 114 valence electrons. The molecule has 1 aromatic heterocycles. The minimum absolute atomic E-state index is 0.0127. The molecular weight excluding hydrogens is 302 g/mol.